The molecule has 0 bridgehead atoms. The van der Waals surface area contributed by atoms with Crippen LogP contribution >= 0.6 is 22.7 Å². The van der Waals surface area contributed by atoms with Crippen LogP contribution in [-0.2, 0) is 17.6 Å². The van der Waals surface area contributed by atoms with Crippen molar-refractivity contribution < 1.29 is 18.7 Å². The number of aryl methyl sites for hydroxylation is 4. The van der Waals surface area contributed by atoms with Gasteiger partial charge in [-0.25, -0.2) is 28.7 Å². The van der Waals surface area contributed by atoms with Gasteiger partial charge in [0, 0.05) is 61.5 Å². The maximum absolute atomic E-state index is 13.4. The number of carbonyl (C=O) groups excluding carboxylic acids is 1. The average Bonchev–Trinajstić information content (AvgIpc) is 4.21. The first kappa shape index (κ1) is 49.5. The lowest BCUT2D eigenvalue weighted by atomic mass is 9.88. The van der Waals surface area contributed by atoms with Gasteiger partial charge >= 0.3 is 0 Å². The number of thiazole rings is 2. The van der Waals surface area contributed by atoms with E-state index in [1.807, 2.05) is 17.8 Å². The number of likely N-dealkylation sites (tertiary alicyclic amines) is 2. The number of hydrogen-bond donors (Lipinski definition) is 2. The summed E-state index contributed by atoms with van der Waals surface area (Å²) in [6.07, 6.45) is 10.2. The van der Waals surface area contributed by atoms with Gasteiger partial charge in [-0.2, -0.15) is 0 Å². The van der Waals surface area contributed by atoms with E-state index in [1.165, 1.54) is 59.4 Å². The normalized spacial score (nSPS) is 16.0. The molecule has 376 valence electrons. The minimum atomic E-state index is -0.361. The van der Waals surface area contributed by atoms with Crippen LogP contribution in [0.1, 0.15) is 85.0 Å². The standard InChI is InChI=1S/C30H35FN6O2S.C25H28FN5S/c1-4-25-29(34(3)30-33-26(18-40-30)21-5-7-22(31)8-6-21)37-16-24(19(2)13-27(37)32-25)20-9-11-35(12-10-20)17-28(39)36-14-23(38)15-36;1-4-21-24(30(3)25-29-22(15-32-25)18-5-7-19(26)8-6-18)31-14-20(16(2)13-23(31)28-21)17-9-11-27-12-10-17/h5-8,13,16,18,20,23,38H,4,9-12,14-15,17H2,1-3H3;5-8,13-15,17,27H,4,9-12H2,1-3H3. The predicted molar refractivity (Wildman–Crippen MR) is 286 cm³/mol. The monoisotopic (exact) mass is 1010 g/mol. The van der Waals surface area contributed by atoms with Crippen molar-refractivity contribution in [2.45, 2.75) is 84.2 Å². The molecule has 3 fully saturated rings. The third kappa shape index (κ3) is 10.1. The van der Waals surface area contributed by atoms with Crippen molar-refractivity contribution in [2.24, 2.45) is 0 Å². The summed E-state index contributed by atoms with van der Waals surface area (Å²) in [5.41, 5.74) is 12.8. The Balaban J connectivity index is 0.000000170. The number of benzene rings is 2. The molecule has 0 saturated carbocycles. The number of aromatic nitrogens is 6. The zero-order chi connectivity index (χ0) is 50.2. The van der Waals surface area contributed by atoms with Gasteiger partial charge in [0.1, 0.15) is 34.6 Å². The highest BCUT2D eigenvalue weighted by atomic mass is 32.1. The second kappa shape index (κ2) is 21.2. The molecule has 17 heteroatoms. The topological polar surface area (TPSA) is 123 Å². The van der Waals surface area contributed by atoms with Gasteiger partial charge in [-0.3, -0.25) is 18.5 Å². The number of piperidine rings is 2. The molecule has 6 aromatic heterocycles. The first-order valence-electron chi connectivity index (χ1n) is 25.2. The van der Waals surface area contributed by atoms with Gasteiger partial charge in [0.25, 0.3) is 0 Å². The maximum Gasteiger partial charge on any atom is 0.236 e. The van der Waals surface area contributed by atoms with Gasteiger partial charge in [0.15, 0.2) is 10.3 Å². The molecule has 72 heavy (non-hydrogen) atoms. The van der Waals surface area contributed by atoms with E-state index in [4.69, 9.17) is 19.9 Å². The summed E-state index contributed by atoms with van der Waals surface area (Å²) in [5.74, 6) is 2.70. The predicted octanol–water partition coefficient (Wildman–Crippen LogP) is 10.3. The molecule has 1 amide bonds. The van der Waals surface area contributed by atoms with E-state index in [1.54, 1.807) is 51.8 Å². The molecule has 3 aliphatic rings. The van der Waals surface area contributed by atoms with Crippen LogP contribution in [-0.4, -0.2) is 116 Å². The number of pyridine rings is 2. The molecule has 0 spiro atoms. The molecule has 0 unspecified atom stereocenters. The molecule has 8 aromatic rings. The van der Waals surface area contributed by atoms with E-state index in [-0.39, 0.29) is 23.6 Å². The third-order valence-corrected chi connectivity index (χ3v) is 16.5. The second-order valence-electron chi connectivity index (χ2n) is 19.4. The number of carbonyl (C=O) groups is 1. The van der Waals surface area contributed by atoms with E-state index in [0.717, 1.165) is 119 Å². The van der Waals surface area contributed by atoms with Crippen molar-refractivity contribution in [2.75, 3.05) is 69.7 Å². The van der Waals surface area contributed by atoms with E-state index in [9.17, 15) is 18.7 Å². The molecule has 13 nitrogen and oxygen atoms in total. The number of β-amino-alcohol motifs (C(OH)–C–C–N with tert-alkyl or cyclic N) is 1. The van der Waals surface area contributed by atoms with Gasteiger partial charge in [0.2, 0.25) is 5.91 Å². The van der Waals surface area contributed by atoms with Gasteiger partial charge < -0.3 is 25.1 Å². The summed E-state index contributed by atoms with van der Waals surface area (Å²) < 4.78 is 31.2. The molecular formula is C55H63F2N11O2S2. The molecule has 0 aliphatic carbocycles. The number of amides is 1. The molecular weight excluding hydrogens is 949 g/mol. The summed E-state index contributed by atoms with van der Waals surface area (Å²) in [6, 6.07) is 17.3. The van der Waals surface area contributed by atoms with Crippen LogP contribution in [0.15, 0.2) is 83.8 Å². The van der Waals surface area contributed by atoms with Crippen molar-refractivity contribution in [3.63, 3.8) is 0 Å². The van der Waals surface area contributed by atoms with Crippen molar-refractivity contribution in [1.82, 2.24) is 43.9 Å². The molecule has 11 rings (SSSR count). The van der Waals surface area contributed by atoms with Gasteiger partial charge in [-0.15, -0.1) is 22.7 Å². The number of imidazole rings is 2. The van der Waals surface area contributed by atoms with Crippen LogP contribution in [0.3, 0.4) is 0 Å². The summed E-state index contributed by atoms with van der Waals surface area (Å²) in [6.45, 7) is 13.9. The molecule has 9 heterocycles. The molecule has 2 N–H and O–H groups in total. The molecule has 2 aromatic carbocycles. The maximum atomic E-state index is 13.4. The average molecular weight is 1010 g/mol. The van der Waals surface area contributed by atoms with Crippen LogP contribution < -0.4 is 15.1 Å². The molecule has 3 saturated heterocycles. The highest BCUT2D eigenvalue weighted by Crippen LogP contribution is 2.39. The van der Waals surface area contributed by atoms with Crippen LogP contribution in [0.25, 0.3) is 33.8 Å². The molecule has 0 atom stereocenters. The fourth-order valence-electron chi connectivity index (χ4n) is 10.5. The number of fused-ring (bicyclic) bond motifs is 2. The summed E-state index contributed by atoms with van der Waals surface area (Å²) in [7, 11) is 4.09. The number of nitrogens with one attached hydrogen (secondary N) is 1. The van der Waals surface area contributed by atoms with E-state index >= 15 is 0 Å². The minimum absolute atomic E-state index is 0.115. The van der Waals surface area contributed by atoms with Crippen LogP contribution in [0, 0.1) is 25.5 Å². The Morgan fingerprint density at radius 3 is 1.57 bits per heavy atom. The fourth-order valence-corrected chi connectivity index (χ4v) is 12.1. The summed E-state index contributed by atoms with van der Waals surface area (Å²) in [5, 5.41) is 18.7. The first-order valence-corrected chi connectivity index (χ1v) is 26.9. The molecule has 3 aliphatic heterocycles. The number of halogens is 2. The van der Waals surface area contributed by atoms with E-state index in [0.29, 0.717) is 31.5 Å². The Hall–Kier alpha value is -6.11. The third-order valence-electron chi connectivity index (χ3n) is 14.6. The largest absolute Gasteiger partial charge is 0.389 e. The smallest absolute Gasteiger partial charge is 0.236 e. The minimum Gasteiger partial charge on any atom is -0.389 e. The van der Waals surface area contributed by atoms with Crippen molar-refractivity contribution in [3.8, 4) is 22.5 Å². The Kier molecular flexibility index (Phi) is 14.5. The number of rotatable bonds is 12. The zero-order valence-electron chi connectivity index (χ0n) is 41.9. The summed E-state index contributed by atoms with van der Waals surface area (Å²) in [4.78, 5) is 40.3. The Bertz CT molecular complexity index is 3180. The summed E-state index contributed by atoms with van der Waals surface area (Å²) >= 11 is 3.15. The first-order chi connectivity index (χ1) is 34.8. The molecule has 0 radical (unpaired) electrons. The lowest BCUT2D eigenvalue weighted by molar-refractivity contribution is -0.142. The van der Waals surface area contributed by atoms with Crippen molar-refractivity contribution >= 4 is 61.8 Å². The SMILES string of the molecule is CCc1nc2cc(C)c(C3CCN(CC(=O)N4CC(O)C4)CC3)cn2c1N(C)c1nc(-c2ccc(F)cc2)cs1.CCc1nc2cc(C)c(C3CCNCC3)cn2c1N(C)c1nc(-c2ccc(F)cc2)cs1. The number of aliphatic hydroxyl groups is 1. The Morgan fingerprint density at radius 1 is 0.694 bits per heavy atom. The van der Waals surface area contributed by atoms with Crippen molar-refractivity contribution in [1.29, 1.82) is 0 Å². The Morgan fingerprint density at radius 2 is 1.14 bits per heavy atom. The number of nitrogens with zero attached hydrogens (tertiary/aromatic N) is 10. The Labute approximate surface area is 427 Å². The van der Waals surface area contributed by atoms with Gasteiger partial charge in [-0.1, -0.05) is 13.8 Å². The quantitative estimate of drug-likeness (QED) is 0.122. The van der Waals surface area contributed by atoms with E-state index in [2.05, 4.69) is 88.1 Å². The lowest BCUT2D eigenvalue weighted by Gasteiger charge is -2.38. The van der Waals surface area contributed by atoms with Gasteiger partial charge in [0.05, 0.1) is 35.4 Å². The van der Waals surface area contributed by atoms with E-state index < -0.39 is 0 Å². The second-order valence-corrected chi connectivity index (χ2v) is 21.1. The number of aliphatic hydroxyl groups excluding tert-OH is 1. The van der Waals surface area contributed by atoms with Gasteiger partial charge in [-0.05, 0) is 173 Å². The van der Waals surface area contributed by atoms with Crippen LogP contribution in [0.2, 0.25) is 0 Å². The highest BCUT2D eigenvalue weighted by molar-refractivity contribution is 7.14. The highest BCUT2D eigenvalue weighted by Gasteiger charge is 2.32. The fraction of sp³-hybridized carbons (Fsp3) is 0.400. The number of anilines is 4. The van der Waals surface area contributed by atoms with Crippen LogP contribution in [0.5, 0.6) is 0 Å². The van der Waals surface area contributed by atoms with Crippen LogP contribution in [0.4, 0.5) is 30.7 Å². The number of hydrogen-bond acceptors (Lipinski definition) is 12. The zero-order valence-corrected chi connectivity index (χ0v) is 43.5. The van der Waals surface area contributed by atoms with Crippen molar-refractivity contribution in [3.05, 3.63) is 129 Å². The lowest BCUT2D eigenvalue weighted by Crippen LogP contribution is -2.56.